The average molecular weight is 357 g/mol. The van der Waals surface area contributed by atoms with E-state index in [9.17, 15) is 14.7 Å². The smallest absolute Gasteiger partial charge is 0.261 e. The highest BCUT2D eigenvalue weighted by Gasteiger charge is 2.14. The Labute approximate surface area is 154 Å². The predicted octanol–water partition coefficient (Wildman–Crippen LogP) is 3.55. The number of phenolic OH excluding ortho intramolecular Hbond substituents is 1. The van der Waals surface area contributed by atoms with Gasteiger partial charge in [-0.25, -0.2) is 0 Å². The lowest BCUT2D eigenvalue weighted by atomic mass is 10.0. The molecule has 0 spiro atoms. The number of nitrogens with zero attached hydrogens (tertiary/aromatic N) is 1. The Morgan fingerprint density at radius 3 is 2.63 bits per heavy atom. The fourth-order valence-corrected chi connectivity index (χ4v) is 2.90. The van der Waals surface area contributed by atoms with Crippen molar-refractivity contribution in [2.24, 2.45) is 0 Å². The summed E-state index contributed by atoms with van der Waals surface area (Å²) in [5.41, 5.74) is 1.50. The van der Waals surface area contributed by atoms with Crippen LogP contribution in [0.1, 0.15) is 10.4 Å². The van der Waals surface area contributed by atoms with Crippen LogP contribution in [0, 0.1) is 0 Å². The highest BCUT2D eigenvalue weighted by Crippen LogP contribution is 2.27. The van der Waals surface area contributed by atoms with E-state index in [2.05, 4.69) is 15.3 Å². The molecule has 6 nitrogen and oxygen atoms in total. The fourth-order valence-electron chi connectivity index (χ4n) is 2.90. The number of phenols is 1. The number of anilines is 1. The zero-order valence-corrected chi connectivity index (χ0v) is 14.1. The van der Waals surface area contributed by atoms with Crippen LogP contribution in [0.3, 0.4) is 0 Å². The van der Waals surface area contributed by atoms with Crippen LogP contribution in [0.2, 0.25) is 0 Å². The summed E-state index contributed by atoms with van der Waals surface area (Å²) in [7, 11) is 0. The minimum absolute atomic E-state index is 0.00601. The third kappa shape index (κ3) is 3.28. The van der Waals surface area contributed by atoms with Gasteiger partial charge in [-0.1, -0.05) is 24.3 Å². The average Bonchev–Trinajstić information content (AvgIpc) is 2.69. The van der Waals surface area contributed by atoms with E-state index in [-0.39, 0.29) is 11.3 Å². The van der Waals surface area contributed by atoms with E-state index in [4.69, 9.17) is 0 Å². The van der Waals surface area contributed by atoms with Gasteiger partial charge in [0.25, 0.3) is 11.5 Å². The second-order valence-electron chi connectivity index (χ2n) is 6.04. The molecule has 0 saturated heterocycles. The number of aromatic amines is 1. The summed E-state index contributed by atoms with van der Waals surface area (Å²) in [5.74, 6) is -0.437. The number of hydrogen-bond acceptors (Lipinski definition) is 4. The van der Waals surface area contributed by atoms with Gasteiger partial charge in [-0.05, 0) is 35.7 Å². The number of H-pyrrole nitrogens is 1. The molecule has 0 saturated carbocycles. The molecule has 0 aliphatic carbocycles. The molecule has 1 amide bonds. The zero-order valence-electron chi connectivity index (χ0n) is 14.1. The number of aromatic nitrogens is 2. The van der Waals surface area contributed by atoms with Crippen molar-refractivity contribution in [3.8, 4) is 16.9 Å². The van der Waals surface area contributed by atoms with Crippen LogP contribution in [0.25, 0.3) is 21.9 Å². The van der Waals surface area contributed by atoms with Crippen molar-refractivity contribution in [3.05, 3.63) is 89.1 Å². The van der Waals surface area contributed by atoms with Crippen molar-refractivity contribution >= 4 is 22.4 Å². The largest absolute Gasteiger partial charge is 0.508 e. The number of nitrogens with one attached hydrogen (secondary N) is 2. The second-order valence-corrected chi connectivity index (χ2v) is 6.04. The van der Waals surface area contributed by atoms with E-state index in [1.165, 1.54) is 12.1 Å². The van der Waals surface area contributed by atoms with Gasteiger partial charge in [0, 0.05) is 40.8 Å². The molecule has 0 atom stereocenters. The van der Waals surface area contributed by atoms with Gasteiger partial charge in [-0.15, -0.1) is 0 Å². The van der Waals surface area contributed by atoms with Gasteiger partial charge in [-0.3, -0.25) is 14.6 Å². The number of carbonyl (C=O) groups excluding carboxylic acids is 1. The number of hydrogen-bond donors (Lipinski definition) is 3. The molecule has 132 valence electrons. The van der Waals surface area contributed by atoms with Crippen molar-refractivity contribution in [2.45, 2.75) is 0 Å². The summed E-state index contributed by atoms with van der Waals surface area (Å²) in [4.78, 5) is 31.6. The summed E-state index contributed by atoms with van der Waals surface area (Å²) >= 11 is 0. The summed E-state index contributed by atoms with van der Waals surface area (Å²) in [6, 6.07) is 15.4. The molecule has 3 N–H and O–H groups in total. The Hall–Kier alpha value is -3.93. The number of fused-ring (bicyclic) bond motifs is 1. The minimum Gasteiger partial charge on any atom is -0.508 e. The van der Waals surface area contributed by atoms with Gasteiger partial charge in [0.1, 0.15) is 11.3 Å². The summed E-state index contributed by atoms with van der Waals surface area (Å²) in [6.07, 6.45) is 5.05. The van der Waals surface area contributed by atoms with Crippen molar-refractivity contribution in [2.75, 3.05) is 5.32 Å². The third-order valence-electron chi connectivity index (χ3n) is 4.25. The minimum atomic E-state index is -0.531. The van der Waals surface area contributed by atoms with Gasteiger partial charge in [0.15, 0.2) is 0 Å². The molecule has 0 radical (unpaired) electrons. The standard InChI is InChI=1S/C21H15N3O3/c25-16-7-5-15(6-8-16)24-21(27)18-9-14(11-23-20(18)26)19-12-22-10-13-3-1-2-4-17(13)19/h1-12,25H,(H,23,26)(H,24,27). The number of rotatable bonds is 3. The highest BCUT2D eigenvalue weighted by molar-refractivity contribution is 6.05. The third-order valence-corrected chi connectivity index (χ3v) is 4.25. The van der Waals surface area contributed by atoms with Crippen molar-refractivity contribution in [1.29, 1.82) is 0 Å². The van der Waals surface area contributed by atoms with E-state index in [1.807, 2.05) is 24.3 Å². The fraction of sp³-hybridized carbons (Fsp3) is 0. The molecule has 4 rings (SSSR count). The predicted molar refractivity (Wildman–Crippen MR) is 104 cm³/mol. The topological polar surface area (TPSA) is 95.1 Å². The number of amides is 1. The van der Waals surface area contributed by atoms with Crippen LogP contribution in [-0.2, 0) is 0 Å². The quantitative estimate of drug-likeness (QED) is 0.489. The normalized spacial score (nSPS) is 10.7. The van der Waals surface area contributed by atoms with Gasteiger partial charge in [-0.2, -0.15) is 0 Å². The van der Waals surface area contributed by atoms with Crippen molar-refractivity contribution < 1.29 is 9.90 Å². The molecule has 2 aromatic heterocycles. The molecule has 4 aromatic rings. The molecule has 2 aromatic carbocycles. The van der Waals surface area contributed by atoms with E-state index in [0.29, 0.717) is 11.3 Å². The Morgan fingerprint density at radius 1 is 1.04 bits per heavy atom. The van der Waals surface area contributed by atoms with Crippen LogP contribution in [-0.4, -0.2) is 21.0 Å². The molecule has 0 unspecified atom stereocenters. The SMILES string of the molecule is O=C(Nc1ccc(O)cc1)c1cc(-c2cncc3ccccc23)c[nH]c1=O. The van der Waals surface area contributed by atoms with E-state index in [1.54, 1.807) is 36.8 Å². The molecule has 2 heterocycles. The number of pyridine rings is 2. The van der Waals surface area contributed by atoms with Crippen molar-refractivity contribution in [3.63, 3.8) is 0 Å². The van der Waals surface area contributed by atoms with Crippen LogP contribution in [0.5, 0.6) is 5.75 Å². The van der Waals surface area contributed by atoms with E-state index in [0.717, 1.165) is 16.3 Å². The molecular weight excluding hydrogens is 342 g/mol. The summed E-state index contributed by atoms with van der Waals surface area (Å²) in [5, 5.41) is 13.9. The van der Waals surface area contributed by atoms with E-state index >= 15 is 0 Å². The molecule has 0 aliphatic rings. The summed E-state index contributed by atoms with van der Waals surface area (Å²) < 4.78 is 0. The Kier molecular flexibility index (Phi) is 4.14. The van der Waals surface area contributed by atoms with E-state index < -0.39 is 11.5 Å². The van der Waals surface area contributed by atoms with Crippen LogP contribution >= 0.6 is 0 Å². The first-order valence-corrected chi connectivity index (χ1v) is 8.28. The maximum absolute atomic E-state index is 12.6. The number of carbonyl (C=O) groups is 1. The lowest BCUT2D eigenvalue weighted by Crippen LogP contribution is -2.23. The first-order chi connectivity index (χ1) is 13.1. The van der Waals surface area contributed by atoms with Crippen LogP contribution in [0.15, 0.2) is 78.0 Å². The molecule has 0 aliphatic heterocycles. The Bertz CT molecular complexity index is 1190. The molecule has 27 heavy (non-hydrogen) atoms. The van der Waals surface area contributed by atoms with Gasteiger partial charge in [0.2, 0.25) is 0 Å². The number of benzene rings is 2. The highest BCUT2D eigenvalue weighted by atomic mass is 16.3. The molecular formula is C21H15N3O3. The second kappa shape index (κ2) is 6.76. The molecule has 0 bridgehead atoms. The monoisotopic (exact) mass is 357 g/mol. The lowest BCUT2D eigenvalue weighted by molar-refractivity contribution is 0.102. The summed E-state index contributed by atoms with van der Waals surface area (Å²) in [6.45, 7) is 0. The van der Waals surface area contributed by atoms with Gasteiger partial charge >= 0.3 is 0 Å². The van der Waals surface area contributed by atoms with Crippen LogP contribution in [0.4, 0.5) is 5.69 Å². The van der Waals surface area contributed by atoms with Crippen molar-refractivity contribution in [1.82, 2.24) is 9.97 Å². The maximum Gasteiger partial charge on any atom is 0.261 e. The lowest BCUT2D eigenvalue weighted by Gasteiger charge is -2.09. The Balaban J connectivity index is 1.74. The van der Waals surface area contributed by atoms with Gasteiger partial charge < -0.3 is 15.4 Å². The number of aromatic hydroxyl groups is 1. The maximum atomic E-state index is 12.6. The van der Waals surface area contributed by atoms with Gasteiger partial charge in [0.05, 0.1) is 0 Å². The molecule has 6 heteroatoms. The zero-order chi connectivity index (χ0) is 18.8. The first kappa shape index (κ1) is 16.5. The Morgan fingerprint density at radius 2 is 1.81 bits per heavy atom. The first-order valence-electron chi connectivity index (χ1n) is 8.28. The molecule has 0 fully saturated rings. The van der Waals surface area contributed by atoms with Crippen LogP contribution < -0.4 is 10.9 Å².